The second kappa shape index (κ2) is 7.52. The van der Waals surface area contributed by atoms with Crippen LogP contribution in [0.15, 0.2) is 40.9 Å². The lowest BCUT2D eigenvalue weighted by Crippen LogP contribution is -2.42. The quantitative estimate of drug-likeness (QED) is 0.704. The third-order valence-electron chi connectivity index (χ3n) is 4.41. The van der Waals surface area contributed by atoms with Crippen LogP contribution in [0, 0.1) is 5.41 Å². The van der Waals surface area contributed by atoms with Gasteiger partial charge in [-0.2, -0.15) is 0 Å². The molecule has 27 heavy (non-hydrogen) atoms. The Hall–Kier alpha value is -2.05. The van der Waals surface area contributed by atoms with Gasteiger partial charge in [-0.3, -0.25) is 9.59 Å². The van der Waals surface area contributed by atoms with E-state index >= 15 is 0 Å². The highest BCUT2D eigenvalue weighted by Gasteiger charge is 2.37. The minimum Gasteiger partial charge on any atom is -0.490 e. The lowest BCUT2D eigenvalue weighted by Gasteiger charge is -2.27. The van der Waals surface area contributed by atoms with Gasteiger partial charge in [-0.15, -0.1) is 0 Å². The Morgan fingerprint density at radius 3 is 2.74 bits per heavy atom. The molecule has 1 aliphatic heterocycles. The average Bonchev–Trinajstić information content (AvgIpc) is 2.72. The van der Waals surface area contributed by atoms with Gasteiger partial charge in [-0.1, -0.05) is 27.5 Å². The van der Waals surface area contributed by atoms with E-state index in [9.17, 15) is 9.59 Å². The van der Waals surface area contributed by atoms with E-state index in [-0.39, 0.29) is 11.8 Å². The summed E-state index contributed by atoms with van der Waals surface area (Å²) in [5.74, 6) is 0.280. The number of carbonyl (C=O) groups excluding carboxylic acids is 2. The lowest BCUT2D eigenvalue weighted by molar-refractivity contribution is -0.127. The minimum absolute atomic E-state index is 0.0118. The topological polar surface area (TPSA) is 58.6 Å². The lowest BCUT2D eigenvalue weighted by atomic mass is 9.93. The number of anilines is 2. The zero-order valence-electron chi connectivity index (χ0n) is 15.3. The van der Waals surface area contributed by atoms with Crippen molar-refractivity contribution in [2.45, 2.75) is 20.8 Å². The van der Waals surface area contributed by atoms with Crippen molar-refractivity contribution in [2.75, 3.05) is 23.4 Å². The van der Waals surface area contributed by atoms with Gasteiger partial charge in [0.1, 0.15) is 12.4 Å². The smallest absolute Gasteiger partial charge is 0.257 e. The predicted molar refractivity (Wildman–Crippen MR) is 111 cm³/mol. The molecule has 142 valence electrons. The van der Waals surface area contributed by atoms with Crippen LogP contribution in [-0.4, -0.2) is 25.0 Å². The number of ether oxygens (including phenoxy) is 1. The maximum absolute atomic E-state index is 12.8. The molecule has 0 fully saturated rings. The van der Waals surface area contributed by atoms with Gasteiger partial charge in [0.25, 0.3) is 5.91 Å². The molecule has 0 saturated carbocycles. The molecule has 0 spiro atoms. The first-order valence-electron chi connectivity index (χ1n) is 8.58. The number of hydrogen-bond acceptors (Lipinski definition) is 3. The summed E-state index contributed by atoms with van der Waals surface area (Å²) in [6, 6.07) is 10.4. The van der Waals surface area contributed by atoms with Gasteiger partial charge in [0.2, 0.25) is 5.91 Å². The van der Waals surface area contributed by atoms with Crippen LogP contribution in [0.4, 0.5) is 11.4 Å². The SMILES string of the molecule is CCN1C(=O)C(C)(C)COc2ccc(NC(=O)c3cc(Br)ccc3Cl)cc21. The zero-order valence-corrected chi connectivity index (χ0v) is 17.6. The van der Waals surface area contributed by atoms with Gasteiger partial charge in [-0.25, -0.2) is 0 Å². The highest BCUT2D eigenvalue weighted by molar-refractivity contribution is 9.10. The standard InChI is InChI=1S/C20H20BrClN2O3/c1-4-24-16-10-13(6-8-17(16)27-11-20(2,3)19(24)26)23-18(25)14-9-12(21)5-7-15(14)22/h5-10H,4,11H2,1-3H3,(H,23,25). The fourth-order valence-electron chi connectivity index (χ4n) is 2.91. The fourth-order valence-corrected chi connectivity index (χ4v) is 3.47. The Morgan fingerprint density at radius 1 is 1.30 bits per heavy atom. The van der Waals surface area contributed by atoms with Crippen molar-refractivity contribution in [3.63, 3.8) is 0 Å². The third-order valence-corrected chi connectivity index (χ3v) is 5.23. The van der Waals surface area contributed by atoms with Crippen LogP contribution >= 0.6 is 27.5 Å². The van der Waals surface area contributed by atoms with E-state index in [1.807, 2.05) is 20.8 Å². The van der Waals surface area contributed by atoms with Gasteiger partial charge in [0.15, 0.2) is 0 Å². The van der Waals surface area contributed by atoms with E-state index in [2.05, 4.69) is 21.2 Å². The van der Waals surface area contributed by atoms with Gasteiger partial charge < -0.3 is 15.0 Å². The Balaban J connectivity index is 1.93. The molecule has 0 bridgehead atoms. The molecule has 1 aliphatic rings. The van der Waals surface area contributed by atoms with Crippen molar-refractivity contribution in [2.24, 2.45) is 5.41 Å². The largest absolute Gasteiger partial charge is 0.490 e. The highest BCUT2D eigenvalue weighted by atomic mass is 79.9. The van der Waals surface area contributed by atoms with Gasteiger partial charge >= 0.3 is 0 Å². The molecule has 2 aromatic carbocycles. The van der Waals surface area contributed by atoms with E-state index in [4.69, 9.17) is 16.3 Å². The molecule has 2 amide bonds. The molecule has 0 aliphatic carbocycles. The second-order valence-electron chi connectivity index (χ2n) is 6.98. The minimum atomic E-state index is -0.623. The van der Waals surface area contributed by atoms with Crippen LogP contribution in [0.5, 0.6) is 5.75 Å². The number of hydrogen-bond donors (Lipinski definition) is 1. The van der Waals surface area contributed by atoms with Crippen molar-refractivity contribution < 1.29 is 14.3 Å². The highest BCUT2D eigenvalue weighted by Crippen LogP contribution is 2.38. The van der Waals surface area contributed by atoms with Crippen molar-refractivity contribution in [3.05, 3.63) is 51.5 Å². The monoisotopic (exact) mass is 450 g/mol. The van der Waals surface area contributed by atoms with Crippen molar-refractivity contribution in [1.82, 2.24) is 0 Å². The molecule has 1 N–H and O–H groups in total. The molecule has 1 heterocycles. The Kier molecular flexibility index (Phi) is 5.49. The predicted octanol–water partition coefficient (Wildman–Crippen LogP) is 5.13. The van der Waals surface area contributed by atoms with Gasteiger partial charge in [0.05, 0.1) is 21.7 Å². The van der Waals surface area contributed by atoms with Crippen LogP contribution in [0.2, 0.25) is 5.02 Å². The van der Waals surface area contributed by atoms with Gasteiger partial charge in [-0.05, 0) is 57.2 Å². The first-order valence-corrected chi connectivity index (χ1v) is 9.75. The Morgan fingerprint density at radius 2 is 2.04 bits per heavy atom. The van der Waals surface area contributed by atoms with Crippen molar-refractivity contribution >= 4 is 50.7 Å². The number of rotatable bonds is 3. The zero-order chi connectivity index (χ0) is 19.8. The molecule has 0 saturated heterocycles. The summed E-state index contributed by atoms with van der Waals surface area (Å²) in [6.45, 7) is 6.45. The van der Waals surface area contributed by atoms with E-state index < -0.39 is 5.41 Å². The third kappa shape index (κ3) is 3.96. The second-order valence-corrected chi connectivity index (χ2v) is 8.31. The number of fused-ring (bicyclic) bond motifs is 1. The van der Waals surface area contributed by atoms with E-state index in [1.54, 1.807) is 41.3 Å². The summed E-state index contributed by atoms with van der Waals surface area (Å²) in [7, 11) is 0. The summed E-state index contributed by atoms with van der Waals surface area (Å²) in [6.07, 6.45) is 0. The molecular formula is C20H20BrClN2O3. The molecule has 0 unspecified atom stereocenters. The fraction of sp³-hybridized carbons (Fsp3) is 0.300. The van der Waals surface area contributed by atoms with Crippen LogP contribution in [0.3, 0.4) is 0 Å². The van der Waals surface area contributed by atoms with Crippen LogP contribution in [-0.2, 0) is 4.79 Å². The summed E-state index contributed by atoms with van der Waals surface area (Å²) in [4.78, 5) is 27.1. The molecule has 7 heteroatoms. The van der Waals surface area contributed by atoms with Crippen LogP contribution in [0.1, 0.15) is 31.1 Å². The molecule has 0 radical (unpaired) electrons. The Labute approximate surface area is 171 Å². The summed E-state index contributed by atoms with van der Waals surface area (Å²) >= 11 is 9.48. The molecule has 3 rings (SSSR count). The maximum Gasteiger partial charge on any atom is 0.257 e. The molecule has 5 nitrogen and oxygen atoms in total. The number of nitrogens with zero attached hydrogens (tertiary/aromatic N) is 1. The number of benzene rings is 2. The Bertz CT molecular complexity index is 914. The van der Waals surface area contributed by atoms with Crippen LogP contribution in [0.25, 0.3) is 0 Å². The first-order chi connectivity index (χ1) is 12.7. The average molecular weight is 452 g/mol. The molecule has 0 atom stereocenters. The van der Waals surface area contributed by atoms with E-state index in [1.165, 1.54) is 0 Å². The number of halogens is 2. The molecule has 0 aromatic heterocycles. The van der Waals surface area contributed by atoms with Crippen molar-refractivity contribution in [3.8, 4) is 5.75 Å². The van der Waals surface area contributed by atoms with Crippen molar-refractivity contribution in [1.29, 1.82) is 0 Å². The van der Waals surface area contributed by atoms with Gasteiger partial charge in [0, 0.05) is 16.7 Å². The number of amides is 2. The van der Waals surface area contributed by atoms with E-state index in [0.29, 0.717) is 40.9 Å². The number of nitrogens with one attached hydrogen (secondary N) is 1. The number of carbonyl (C=O) groups is 2. The first kappa shape index (κ1) is 19.7. The summed E-state index contributed by atoms with van der Waals surface area (Å²) in [5.41, 5.74) is 0.944. The van der Waals surface area contributed by atoms with Crippen LogP contribution < -0.4 is 15.0 Å². The normalized spacial score (nSPS) is 15.6. The van der Waals surface area contributed by atoms with E-state index in [0.717, 1.165) is 4.47 Å². The molecular weight excluding hydrogens is 432 g/mol. The maximum atomic E-state index is 12.8. The summed E-state index contributed by atoms with van der Waals surface area (Å²) in [5, 5.41) is 3.20. The summed E-state index contributed by atoms with van der Waals surface area (Å²) < 4.78 is 6.60. The molecule has 2 aromatic rings.